The minimum absolute atomic E-state index is 0.0934. The van der Waals surface area contributed by atoms with Gasteiger partial charge in [0, 0.05) is 0 Å². The van der Waals surface area contributed by atoms with E-state index in [2.05, 4.69) is 17.2 Å². The first-order valence-corrected chi connectivity index (χ1v) is 4.00. The van der Waals surface area contributed by atoms with Gasteiger partial charge in [0.2, 0.25) is 0 Å². The lowest BCUT2D eigenvalue weighted by molar-refractivity contribution is -0.119. The zero-order chi connectivity index (χ0) is 8.10. The molecule has 60 valence electrons. The average molecular weight is 151 g/mol. The molecular weight excluding hydrogens is 138 g/mol. The minimum Gasteiger partial charge on any atom is -0.307 e. The van der Waals surface area contributed by atoms with Crippen LogP contribution in [0, 0.1) is 11.8 Å². The van der Waals surface area contributed by atoms with Crippen molar-refractivity contribution in [1.29, 1.82) is 0 Å². The van der Waals surface area contributed by atoms with E-state index in [0.29, 0.717) is 6.42 Å². The van der Waals surface area contributed by atoms with Crippen LogP contribution >= 0.6 is 0 Å². The van der Waals surface area contributed by atoms with Gasteiger partial charge in [-0.15, -0.1) is 5.92 Å². The summed E-state index contributed by atoms with van der Waals surface area (Å²) in [4.78, 5) is 11.2. The molecule has 0 spiro atoms. The van der Waals surface area contributed by atoms with E-state index in [1.807, 2.05) is 0 Å². The lowest BCUT2D eigenvalue weighted by Crippen LogP contribution is -2.30. The number of Topliss-reactive ketones (excluding diaryl/α,β-unsaturated/α-hetero) is 1. The van der Waals surface area contributed by atoms with Crippen LogP contribution in [0.3, 0.4) is 0 Å². The predicted molar refractivity (Wildman–Crippen MR) is 44.1 cm³/mol. The summed E-state index contributed by atoms with van der Waals surface area (Å²) in [5.41, 5.74) is 0. The molecular formula is C9H13NO. The van der Waals surface area contributed by atoms with E-state index in [4.69, 9.17) is 0 Å². The van der Waals surface area contributed by atoms with Crippen LogP contribution in [-0.2, 0) is 4.79 Å². The average Bonchev–Trinajstić information content (AvgIpc) is 2.52. The largest absolute Gasteiger partial charge is 0.307 e. The number of carbonyl (C=O) groups excluding carboxylic acids is 1. The summed E-state index contributed by atoms with van der Waals surface area (Å²) >= 11 is 0. The third kappa shape index (κ3) is 2.36. The summed E-state index contributed by atoms with van der Waals surface area (Å²) in [6, 6.07) is 0.0934. The molecule has 1 rings (SSSR count). The summed E-state index contributed by atoms with van der Waals surface area (Å²) in [6.07, 6.45) is 2.52. The summed E-state index contributed by atoms with van der Waals surface area (Å²) in [6.45, 7) is 2.74. The predicted octanol–water partition coefficient (Wildman–Crippen LogP) is 0.721. The van der Waals surface area contributed by atoms with E-state index in [1.54, 1.807) is 6.92 Å². The van der Waals surface area contributed by atoms with Gasteiger partial charge in [0.15, 0.2) is 5.78 Å². The van der Waals surface area contributed by atoms with Crippen molar-refractivity contribution in [2.24, 2.45) is 0 Å². The molecule has 11 heavy (non-hydrogen) atoms. The van der Waals surface area contributed by atoms with Gasteiger partial charge < -0.3 is 5.32 Å². The molecule has 0 amide bonds. The highest BCUT2D eigenvalue weighted by Gasteiger charge is 2.20. The Labute approximate surface area is 67.4 Å². The Morgan fingerprint density at radius 2 is 2.55 bits per heavy atom. The van der Waals surface area contributed by atoms with Gasteiger partial charge in [-0.25, -0.2) is 0 Å². The molecule has 1 N–H and O–H groups in total. The molecule has 1 aliphatic heterocycles. The molecule has 1 atom stereocenters. The molecule has 0 aromatic rings. The van der Waals surface area contributed by atoms with Crippen molar-refractivity contribution in [2.75, 3.05) is 6.54 Å². The fraction of sp³-hybridized carbons (Fsp3) is 0.667. The summed E-state index contributed by atoms with van der Waals surface area (Å²) in [7, 11) is 0. The van der Waals surface area contributed by atoms with Crippen LogP contribution in [0.1, 0.15) is 26.2 Å². The third-order valence-corrected chi connectivity index (χ3v) is 1.89. The summed E-state index contributed by atoms with van der Waals surface area (Å²) < 4.78 is 0. The second-order valence-electron chi connectivity index (χ2n) is 2.72. The molecule has 1 heterocycles. The first-order chi connectivity index (χ1) is 5.34. The molecule has 2 heteroatoms. The summed E-state index contributed by atoms with van der Waals surface area (Å²) in [5.74, 6) is 5.76. The fourth-order valence-corrected chi connectivity index (χ4v) is 1.26. The van der Waals surface area contributed by atoms with Crippen molar-refractivity contribution >= 4 is 5.78 Å². The molecule has 1 aliphatic rings. The van der Waals surface area contributed by atoms with Crippen LogP contribution < -0.4 is 5.32 Å². The highest BCUT2D eigenvalue weighted by molar-refractivity contribution is 5.86. The van der Waals surface area contributed by atoms with Crippen LogP contribution in [0.5, 0.6) is 0 Å². The number of hydrogen-bond donors (Lipinski definition) is 1. The molecule has 0 radical (unpaired) electrons. The molecule has 0 bridgehead atoms. The number of ketones is 1. The van der Waals surface area contributed by atoms with Crippen LogP contribution in [0.15, 0.2) is 0 Å². The van der Waals surface area contributed by atoms with Gasteiger partial charge in [0.25, 0.3) is 0 Å². The molecule has 1 fully saturated rings. The van der Waals surface area contributed by atoms with Crippen molar-refractivity contribution in [3.63, 3.8) is 0 Å². The van der Waals surface area contributed by atoms with Crippen LogP contribution in [0.4, 0.5) is 0 Å². The maximum atomic E-state index is 11.2. The molecule has 0 saturated carbocycles. The topological polar surface area (TPSA) is 29.1 Å². The normalized spacial score (nSPS) is 22.5. The van der Waals surface area contributed by atoms with Crippen molar-refractivity contribution in [1.82, 2.24) is 5.32 Å². The van der Waals surface area contributed by atoms with E-state index in [-0.39, 0.29) is 11.8 Å². The highest BCUT2D eigenvalue weighted by atomic mass is 16.1. The standard InChI is InChI=1S/C9H13NO/c1-2-3-6-9(11)8-5-4-7-10-8/h8,10H,4-7H2,1H3. The van der Waals surface area contributed by atoms with E-state index < -0.39 is 0 Å². The lowest BCUT2D eigenvalue weighted by atomic mass is 10.1. The second kappa shape index (κ2) is 4.15. The Bertz CT molecular complexity index is 193. The van der Waals surface area contributed by atoms with E-state index >= 15 is 0 Å². The smallest absolute Gasteiger partial charge is 0.161 e. The Hall–Kier alpha value is -0.810. The molecule has 1 unspecified atom stereocenters. The third-order valence-electron chi connectivity index (χ3n) is 1.89. The van der Waals surface area contributed by atoms with Crippen LogP contribution in [0.25, 0.3) is 0 Å². The Kier molecular flexibility index (Phi) is 3.13. The molecule has 2 nitrogen and oxygen atoms in total. The second-order valence-corrected chi connectivity index (χ2v) is 2.72. The quantitative estimate of drug-likeness (QED) is 0.589. The maximum absolute atomic E-state index is 11.2. The number of hydrogen-bond acceptors (Lipinski definition) is 2. The van der Waals surface area contributed by atoms with Gasteiger partial charge in [-0.1, -0.05) is 5.92 Å². The van der Waals surface area contributed by atoms with Crippen LogP contribution in [0.2, 0.25) is 0 Å². The number of carbonyl (C=O) groups is 1. The van der Waals surface area contributed by atoms with Crippen molar-refractivity contribution < 1.29 is 4.79 Å². The molecule has 0 aliphatic carbocycles. The van der Waals surface area contributed by atoms with Crippen molar-refractivity contribution in [3.05, 3.63) is 0 Å². The van der Waals surface area contributed by atoms with Gasteiger partial charge in [-0.2, -0.15) is 0 Å². The first kappa shape index (κ1) is 8.29. The Morgan fingerprint density at radius 3 is 3.09 bits per heavy atom. The van der Waals surface area contributed by atoms with Gasteiger partial charge in [0.1, 0.15) is 0 Å². The van der Waals surface area contributed by atoms with Crippen molar-refractivity contribution in [2.45, 2.75) is 32.2 Å². The molecule has 1 saturated heterocycles. The van der Waals surface area contributed by atoms with Gasteiger partial charge in [-0.05, 0) is 26.3 Å². The number of nitrogens with one attached hydrogen (secondary N) is 1. The fourth-order valence-electron chi connectivity index (χ4n) is 1.26. The van der Waals surface area contributed by atoms with E-state index in [1.165, 1.54) is 0 Å². The Balaban J connectivity index is 2.32. The van der Waals surface area contributed by atoms with Gasteiger partial charge in [-0.3, -0.25) is 4.79 Å². The maximum Gasteiger partial charge on any atom is 0.161 e. The minimum atomic E-state index is 0.0934. The first-order valence-electron chi connectivity index (χ1n) is 4.00. The zero-order valence-electron chi connectivity index (χ0n) is 6.81. The van der Waals surface area contributed by atoms with Gasteiger partial charge in [0.05, 0.1) is 12.5 Å². The molecule has 0 aromatic heterocycles. The summed E-state index contributed by atoms with van der Waals surface area (Å²) in [5, 5.41) is 3.15. The van der Waals surface area contributed by atoms with E-state index in [0.717, 1.165) is 19.4 Å². The van der Waals surface area contributed by atoms with Gasteiger partial charge >= 0.3 is 0 Å². The zero-order valence-corrected chi connectivity index (χ0v) is 6.81. The monoisotopic (exact) mass is 151 g/mol. The Morgan fingerprint density at radius 1 is 1.73 bits per heavy atom. The van der Waals surface area contributed by atoms with Crippen LogP contribution in [-0.4, -0.2) is 18.4 Å². The molecule has 0 aromatic carbocycles. The number of rotatable bonds is 2. The highest BCUT2D eigenvalue weighted by Crippen LogP contribution is 2.06. The SMILES string of the molecule is CC#CCC(=O)C1CCCN1. The van der Waals surface area contributed by atoms with E-state index in [9.17, 15) is 4.79 Å². The van der Waals surface area contributed by atoms with Crippen molar-refractivity contribution in [3.8, 4) is 11.8 Å². The lowest BCUT2D eigenvalue weighted by Gasteiger charge is -2.04.